The molecule has 0 atom stereocenters. The van der Waals surface area contributed by atoms with Gasteiger partial charge in [-0.05, 0) is 37.8 Å². The number of amides is 1. The molecule has 1 aromatic carbocycles. The molecule has 4 heteroatoms. The SMILES string of the molecule is O=C(Cn1c(C2CC2)nc2ccccc21)NC1CCCCCC1. The zero-order chi connectivity index (χ0) is 15.6. The fourth-order valence-corrected chi connectivity index (χ4v) is 3.75. The number of carbonyl (C=O) groups excluding carboxylic acids is 1. The van der Waals surface area contributed by atoms with Crippen molar-refractivity contribution in [2.45, 2.75) is 69.9 Å². The summed E-state index contributed by atoms with van der Waals surface area (Å²) in [6.45, 7) is 0.406. The zero-order valence-electron chi connectivity index (χ0n) is 13.6. The van der Waals surface area contributed by atoms with Crippen LogP contribution in [0.1, 0.15) is 63.1 Å². The molecule has 4 nitrogen and oxygen atoms in total. The molecule has 2 fully saturated rings. The van der Waals surface area contributed by atoms with E-state index in [-0.39, 0.29) is 5.91 Å². The summed E-state index contributed by atoms with van der Waals surface area (Å²) in [4.78, 5) is 17.3. The molecule has 1 heterocycles. The number of nitrogens with one attached hydrogen (secondary N) is 1. The van der Waals surface area contributed by atoms with Gasteiger partial charge in [0.2, 0.25) is 5.91 Å². The number of nitrogens with zero attached hydrogens (tertiary/aromatic N) is 2. The van der Waals surface area contributed by atoms with E-state index in [9.17, 15) is 4.79 Å². The monoisotopic (exact) mass is 311 g/mol. The average Bonchev–Trinajstić information content (AvgIpc) is 3.36. The molecule has 0 unspecified atom stereocenters. The number of imidazole rings is 1. The number of benzene rings is 1. The minimum Gasteiger partial charge on any atom is -0.352 e. The van der Waals surface area contributed by atoms with Crippen LogP contribution in [0.3, 0.4) is 0 Å². The normalized spacial score (nSPS) is 19.7. The van der Waals surface area contributed by atoms with Gasteiger partial charge in [0.1, 0.15) is 12.4 Å². The molecule has 0 aliphatic heterocycles. The molecule has 2 aromatic rings. The first kappa shape index (κ1) is 14.7. The highest BCUT2D eigenvalue weighted by molar-refractivity contribution is 5.81. The Bertz CT molecular complexity index is 694. The minimum absolute atomic E-state index is 0.141. The quantitative estimate of drug-likeness (QED) is 0.874. The first-order valence-corrected chi connectivity index (χ1v) is 9.06. The third-order valence-electron chi connectivity index (χ3n) is 5.15. The van der Waals surface area contributed by atoms with Crippen LogP contribution < -0.4 is 5.32 Å². The van der Waals surface area contributed by atoms with E-state index in [1.807, 2.05) is 18.2 Å². The molecule has 0 bridgehead atoms. The lowest BCUT2D eigenvalue weighted by Gasteiger charge is -2.17. The predicted octanol–water partition coefficient (Wildman–Crippen LogP) is 3.75. The van der Waals surface area contributed by atoms with Gasteiger partial charge in [0.25, 0.3) is 0 Å². The van der Waals surface area contributed by atoms with E-state index >= 15 is 0 Å². The van der Waals surface area contributed by atoms with Gasteiger partial charge >= 0.3 is 0 Å². The number of rotatable bonds is 4. The topological polar surface area (TPSA) is 46.9 Å². The van der Waals surface area contributed by atoms with Gasteiger partial charge in [0.15, 0.2) is 0 Å². The molecular formula is C19H25N3O. The molecule has 4 rings (SSSR count). The number of aromatic nitrogens is 2. The van der Waals surface area contributed by atoms with E-state index in [4.69, 9.17) is 4.98 Å². The summed E-state index contributed by atoms with van der Waals surface area (Å²) in [6, 6.07) is 8.53. The Morgan fingerprint density at radius 2 is 1.83 bits per heavy atom. The summed E-state index contributed by atoms with van der Waals surface area (Å²) < 4.78 is 2.14. The van der Waals surface area contributed by atoms with Crippen molar-refractivity contribution < 1.29 is 4.79 Å². The van der Waals surface area contributed by atoms with Crippen LogP contribution in [0.25, 0.3) is 11.0 Å². The smallest absolute Gasteiger partial charge is 0.240 e. The van der Waals surface area contributed by atoms with Gasteiger partial charge in [-0.2, -0.15) is 0 Å². The predicted molar refractivity (Wildman–Crippen MR) is 91.3 cm³/mol. The highest BCUT2D eigenvalue weighted by Gasteiger charge is 2.30. The lowest BCUT2D eigenvalue weighted by atomic mass is 10.1. The lowest BCUT2D eigenvalue weighted by Crippen LogP contribution is -2.36. The summed E-state index contributed by atoms with van der Waals surface area (Å²) in [7, 11) is 0. The molecule has 2 aliphatic rings. The third kappa shape index (κ3) is 3.26. The summed E-state index contributed by atoms with van der Waals surface area (Å²) in [5.41, 5.74) is 2.10. The van der Waals surface area contributed by atoms with Crippen molar-refractivity contribution in [3.8, 4) is 0 Å². The molecule has 1 amide bonds. The van der Waals surface area contributed by atoms with Gasteiger partial charge in [-0.15, -0.1) is 0 Å². The Kier molecular flexibility index (Phi) is 4.06. The molecule has 2 saturated carbocycles. The second-order valence-electron chi connectivity index (χ2n) is 7.08. The zero-order valence-corrected chi connectivity index (χ0v) is 13.6. The van der Waals surface area contributed by atoms with Crippen LogP contribution >= 0.6 is 0 Å². The van der Waals surface area contributed by atoms with Crippen molar-refractivity contribution in [1.29, 1.82) is 0 Å². The molecular weight excluding hydrogens is 286 g/mol. The molecule has 1 N–H and O–H groups in total. The first-order chi connectivity index (χ1) is 11.3. The molecule has 122 valence electrons. The van der Waals surface area contributed by atoms with Crippen molar-refractivity contribution in [2.75, 3.05) is 0 Å². The van der Waals surface area contributed by atoms with E-state index in [2.05, 4.69) is 16.0 Å². The maximum atomic E-state index is 12.6. The maximum Gasteiger partial charge on any atom is 0.240 e. The number of fused-ring (bicyclic) bond motifs is 1. The third-order valence-corrected chi connectivity index (χ3v) is 5.15. The Hall–Kier alpha value is -1.84. The van der Waals surface area contributed by atoms with E-state index in [0.29, 0.717) is 18.5 Å². The van der Waals surface area contributed by atoms with E-state index in [0.717, 1.165) is 29.7 Å². The van der Waals surface area contributed by atoms with Crippen LogP contribution in [0.2, 0.25) is 0 Å². The standard InChI is InChI=1S/C19H25N3O/c23-18(20-15-7-3-1-2-4-8-15)13-22-17-10-6-5-9-16(17)21-19(22)14-11-12-14/h5-6,9-10,14-15H,1-4,7-8,11-13H2,(H,20,23). The van der Waals surface area contributed by atoms with Crippen molar-refractivity contribution in [2.24, 2.45) is 0 Å². The summed E-state index contributed by atoms with van der Waals surface area (Å²) >= 11 is 0. The van der Waals surface area contributed by atoms with Crippen molar-refractivity contribution in [1.82, 2.24) is 14.9 Å². The van der Waals surface area contributed by atoms with E-state index < -0.39 is 0 Å². The highest BCUT2D eigenvalue weighted by atomic mass is 16.2. The van der Waals surface area contributed by atoms with Crippen LogP contribution in [-0.2, 0) is 11.3 Å². The fraction of sp³-hybridized carbons (Fsp3) is 0.579. The van der Waals surface area contributed by atoms with Crippen LogP contribution in [0.5, 0.6) is 0 Å². The second-order valence-corrected chi connectivity index (χ2v) is 7.08. The van der Waals surface area contributed by atoms with Crippen LogP contribution in [-0.4, -0.2) is 21.5 Å². The lowest BCUT2D eigenvalue weighted by molar-refractivity contribution is -0.122. The molecule has 1 aromatic heterocycles. The number of hydrogen-bond acceptors (Lipinski definition) is 2. The molecule has 0 radical (unpaired) electrons. The van der Waals surface area contributed by atoms with Crippen molar-refractivity contribution in [3.05, 3.63) is 30.1 Å². The number of hydrogen-bond donors (Lipinski definition) is 1. The van der Waals surface area contributed by atoms with Crippen LogP contribution in [0.4, 0.5) is 0 Å². The highest BCUT2D eigenvalue weighted by Crippen LogP contribution is 2.40. The number of para-hydroxylation sites is 2. The van der Waals surface area contributed by atoms with Gasteiger partial charge in [-0.25, -0.2) is 4.98 Å². The molecule has 0 saturated heterocycles. The van der Waals surface area contributed by atoms with Crippen LogP contribution in [0.15, 0.2) is 24.3 Å². The summed E-state index contributed by atoms with van der Waals surface area (Å²) in [5.74, 6) is 1.79. The first-order valence-electron chi connectivity index (χ1n) is 9.06. The van der Waals surface area contributed by atoms with Crippen LogP contribution in [0, 0.1) is 0 Å². The van der Waals surface area contributed by atoms with E-state index in [1.165, 1.54) is 38.5 Å². The van der Waals surface area contributed by atoms with Gasteiger partial charge in [-0.1, -0.05) is 37.8 Å². The fourth-order valence-electron chi connectivity index (χ4n) is 3.75. The average molecular weight is 311 g/mol. The molecule has 0 spiro atoms. The van der Waals surface area contributed by atoms with Gasteiger partial charge in [0.05, 0.1) is 11.0 Å². The van der Waals surface area contributed by atoms with Gasteiger partial charge in [-0.3, -0.25) is 4.79 Å². The second kappa shape index (κ2) is 6.34. The summed E-state index contributed by atoms with van der Waals surface area (Å²) in [5, 5.41) is 3.26. The molecule has 2 aliphatic carbocycles. The van der Waals surface area contributed by atoms with Gasteiger partial charge < -0.3 is 9.88 Å². The van der Waals surface area contributed by atoms with E-state index in [1.54, 1.807) is 0 Å². The number of carbonyl (C=O) groups is 1. The molecule has 23 heavy (non-hydrogen) atoms. The summed E-state index contributed by atoms with van der Waals surface area (Å²) in [6.07, 6.45) is 9.77. The Balaban J connectivity index is 1.52. The van der Waals surface area contributed by atoms with Gasteiger partial charge in [0, 0.05) is 12.0 Å². The van der Waals surface area contributed by atoms with Crippen molar-refractivity contribution >= 4 is 16.9 Å². The maximum absolute atomic E-state index is 12.6. The Labute approximate surface area is 137 Å². The van der Waals surface area contributed by atoms with Crippen molar-refractivity contribution in [3.63, 3.8) is 0 Å². The Morgan fingerprint density at radius 3 is 2.57 bits per heavy atom. The Morgan fingerprint density at radius 1 is 1.09 bits per heavy atom. The largest absolute Gasteiger partial charge is 0.352 e. The minimum atomic E-state index is 0.141.